The summed E-state index contributed by atoms with van der Waals surface area (Å²) in [5, 5.41) is 11.8. The van der Waals surface area contributed by atoms with E-state index in [1.807, 2.05) is 13.8 Å². The summed E-state index contributed by atoms with van der Waals surface area (Å²) < 4.78 is 12.6. The lowest BCUT2D eigenvalue weighted by Crippen LogP contribution is -2.38. The van der Waals surface area contributed by atoms with Crippen LogP contribution in [0.3, 0.4) is 0 Å². The van der Waals surface area contributed by atoms with Crippen molar-refractivity contribution in [3.63, 3.8) is 0 Å². The third-order valence-corrected chi connectivity index (χ3v) is 2.27. The molecule has 5 heteroatoms. The fourth-order valence-electron chi connectivity index (χ4n) is 1.52. The van der Waals surface area contributed by atoms with Crippen LogP contribution in [0.15, 0.2) is 18.3 Å². The highest BCUT2D eigenvalue weighted by atomic mass is 19.1. The summed E-state index contributed by atoms with van der Waals surface area (Å²) in [6.45, 7) is 3.89. The molecule has 0 bridgehead atoms. The van der Waals surface area contributed by atoms with Gasteiger partial charge in [-0.1, -0.05) is 13.8 Å². The van der Waals surface area contributed by atoms with Gasteiger partial charge in [-0.3, -0.25) is 4.79 Å². The number of hydrogen-bond donors (Lipinski definition) is 2. The van der Waals surface area contributed by atoms with Crippen LogP contribution in [-0.2, 0) is 0 Å². The Morgan fingerprint density at radius 1 is 1.53 bits per heavy atom. The highest BCUT2D eigenvalue weighted by Crippen LogP contribution is 2.05. The SMILES string of the molecule is CC(C)CC(CO)NC(=O)c1ccc(F)cn1. The zero-order valence-corrected chi connectivity index (χ0v) is 9.98. The van der Waals surface area contributed by atoms with Crippen LogP contribution in [0.2, 0.25) is 0 Å². The van der Waals surface area contributed by atoms with E-state index in [2.05, 4.69) is 10.3 Å². The first kappa shape index (κ1) is 13.6. The molecular formula is C12H17FN2O2. The maximum atomic E-state index is 12.6. The van der Waals surface area contributed by atoms with E-state index >= 15 is 0 Å². The van der Waals surface area contributed by atoms with Crippen molar-refractivity contribution in [1.82, 2.24) is 10.3 Å². The maximum Gasteiger partial charge on any atom is 0.270 e. The molecule has 0 fully saturated rings. The van der Waals surface area contributed by atoms with Crippen LogP contribution in [0.1, 0.15) is 30.8 Å². The zero-order valence-electron chi connectivity index (χ0n) is 9.98. The van der Waals surface area contributed by atoms with Gasteiger partial charge in [-0.25, -0.2) is 9.37 Å². The maximum absolute atomic E-state index is 12.6. The second kappa shape index (κ2) is 6.30. The standard InChI is InChI=1S/C12H17FN2O2/c1-8(2)5-10(7-16)15-12(17)11-4-3-9(13)6-14-11/h3-4,6,8,10,16H,5,7H2,1-2H3,(H,15,17). The van der Waals surface area contributed by atoms with Crippen LogP contribution in [0.5, 0.6) is 0 Å². The lowest BCUT2D eigenvalue weighted by atomic mass is 10.0. The van der Waals surface area contributed by atoms with E-state index in [4.69, 9.17) is 5.11 Å². The van der Waals surface area contributed by atoms with Gasteiger partial charge in [-0.2, -0.15) is 0 Å². The van der Waals surface area contributed by atoms with Gasteiger partial charge < -0.3 is 10.4 Å². The summed E-state index contributed by atoms with van der Waals surface area (Å²) in [7, 11) is 0. The summed E-state index contributed by atoms with van der Waals surface area (Å²) in [5.74, 6) is -0.513. The van der Waals surface area contributed by atoms with Gasteiger partial charge in [0.05, 0.1) is 18.8 Å². The van der Waals surface area contributed by atoms with Crippen LogP contribution >= 0.6 is 0 Å². The largest absolute Gasteiger partial charge is 0.394 e. The third kappa shape index (κ3) is 4.48. The Balaban J connectivity index is 2.61. The van der Waals surface area contributed by atoms with Crippen LogP contribution < -0.4 is 5.32 Å². The molecule has 1 aromatic rings. The number of carbonyl (C=O) groups excluding carboxylic acids is 1. The summed E-state index contributed by atoms with van der Waals surface area (Å²) in [6.07, 6.45) is 1.68. The molecule has 0 radical (unpaired) electrons. The van der Waals surface area contributed by atoms with Gasteiger partial charge in [0, 0.05) is 0 Å². The van der Waals surface area contributed by atoms with Crippen molar-refractivity contribution < 1.29 is 14.3 Å². The van der Waals surface area contributed by atoms with E-state index in [0.717, 1.165) is 6.20 Å². The summed E-state index contributed by atoms with van der Waals surface area (Å²) in [4.78, 5) is 15.4. The minimum atomic E-state index is -0.484. The molecule has 1 heterocycles. The molecule has 1 unspecified atom stereocenters. The summed E-state index contributed by atoms with van der Waals surface area (Å²) in [6, 6.07) is 2.20. The van der Waals surface area contributed by atoms with Crippen LogP contribution in [-0.4, -0.2) is 28.6 Å². The summed E-state index contributed by atoms with van der Waals surface area (Å²) >= 11 is 0. The van der Waals surface area contributed by atoms with Crippen LogP contribution in [0, 0.1) is 11.7 Å². The van der Waals surface area contributed by atoms with Crippen molar-refractivity contribution in [3.8, 4) is 0 Å². The molecule has 2 N–H and O–H groups in total. The van der Waals surface area contributed by atoms with Gasteiger partial charge in [0.15, 0.2) is 0 Å². The Labute approximate surface area is 99.9 Å². The molecule has 0 aromatic carbocycles. The predicted molar refractivity (Wildman–Crippen MR) is 62.0 cm³/mol. The third-order valence-electron chi connectivity index (χ3n) is 2.27. The lowest BCUT2D eigenvalue weighted by Gasteiger charge is -2.17. The first-order valence-electron chi connectivity index (χ1n) is 5.56. The minimum absolute atomic E-state index is 0.120. The molecule has 0 aliphatic carbocycles. The van der Waals surface area contributed by atoms with Crippen molar-refractivity contribution >= 4 is 5.91 Å². The highest BCUT2D eigenvalue weighted by Gasteiger charge is 2.15. The Bertz CT molecular complexity index is 365. The number of pyridine rings is 1. The number of nitrogens with zero attached hydrogens (tertiary/aromatic N) is 1. The van der Waals surface area contributed by atoms with Gasteiger partial charge in [0.1, 0.15) is 11.5 Å². The number of aliphatic hydroxyl groups is 1. The number of nitrogens with one attached hydrogen (secondary N) is 1. The van der Waals surface area contributed by atoms with E-state index in [-0.39, 0.29) is 18.3 Å². The number of rotatable bonds is 5. The van der Waals surface area contributed by atoms with Gasteiger partial charge in [-0.15, -0.1) is 0 Å². The van der Waals surface area contributed by atoms with E-state index in [0.29, 0.717) is 12.3 Å². The van der Waals surface area contributed by atoms with Gasteiger partial charge >= 0.3 is 0 Å². The molecule has 1 atom stereocenters. The molecule has 94 valence electrons. The molecule has 0 spiro atoms. The molecule has 0 aliphatic rings. The van der Waals surface area contributed by atoms with Crippen molar-refractivity contribution in [2.75, 3.05) is 6.61 Å². The fourth-order valence-corrected chi connectivity index (χ4v) is 1.52. The highest BCUT2D eigenvalue weighted by molar-refractivity contribution is 5.92. The Morgan fingerprint density at radius 3 is 2.71 bits per heavy atom. The second-order valence-electron chi connectivity index (χ2n) is 4.34. The van der Waals surface area contributed by atoms with Crippen LogP contribution in [0.4, 0.5) is 4.39 Å². The smallest absolute Gasteiger partial charge is 0.270 e. The van der Waals surface area contributed by atoms with Gasteiger partial charge in [-0.05, 0) is 24.5 Å². The molecule has 1 rings (SSSR count). The van der Waals surface area contributed by atoms with E-state index in [9.17, 15) is 9.18 Å². The molecular weight excluding hydrogens is 223 g/mol. The number of halogens is 1. The van der Waals surface area contributed by atoms with E-state index in [1.54, 1.807) is 0 Å². The van der Waals surface area contributed by atoms with E-state index < -0.39 is 11.7 Å². The Kier molecular flexibility index (Phi) is 5.03. The Hall–Kier alpha value is -1.49. The average Bonchev–Trinajstić information content (AvgIpc) is 2.28. The average molecular weight is 240 g/mol. The predicted octanol–water partition coefficient (Wildman–Crippen LogP) is 1.36. The van der Waals surface area contributed by atoms with Gasteiger partial charge in [0.25, 0.3) is 5.91 Å². The number of aliphatic hydroxyl groups excluding tert-OH is 1. The summed E-state index contributed by atoms with van der Waals surface area (Å²) in [5.41, 5.74) is 0.147. The van der Waals surface area contributed by atoms with Crippen molar-refractivity contribution in [2.24, 2.45) is 5.92 Å². The molecule has 0 saturated carbocycles. The monoisotopic (exact) mass is 240 g/mol. The quantitative estimate of drug-likeness (QED) is 0.816. The fraction of sp³-hybridized carbons (Fsp3) is 0.500. The molecule has 17 heavy (non-hydrogen) atoms. The number of carbonyl (C=O) groups is 1. The minimum Gasteiger partial charge on any atom is -0.394 e. The normalized spacial score (nSPS) is 12.5. The molecule has 0 aliphatic heterocycles. The molecule has 4 nitrogen and oxygen atoms in total. The van der Waals surface area contributed by atoms with Crippen molar-refractivity contribution in [1.29, 1.82) is 0 Å². The van der Waals surface area contributed by atoms with Crippen molar-refractivity contribution in [3.05, 3.63) is 29.8 Å². The molecule has 1 aromatic heterocycles. The number of amides is 1. The lowest BCUT2D eigenvalue weighted by molar-refractivity contribution is 0.0903. The zero-order chi connectivity index (χ0) is 12.8. The first-order valence-corrected chi connectivity index (χ1v) is 5.56. The molecule has 1 amide bonds. The number of aromatic nitrogens is 1. The van der Waals surface area contributed by atoms with Crippen molar-refractivity contribution in [2.45, 2.75) is 26.3 Å². The Morgan fingerprint density at radius 2 is 2.24 bits per heavy atom. The van der Waals surface area contributed by atoms with Crippen LogP contribution in [0.25, 0.3) is 0 Å². The topological polar surface area (TPSA) is 62.2 Å². The van der Waals surface area contributed by atoms with E-state index in [1.165, 1.54) is 12.1 Å². The van der Waals surface area contributed by atoms with Gasteiger partial charge in [0.2, 0.25) is 0 Å². The first-order chi connectivity index (χ1) is 8.02. The number of hydrogen-bond acceptors (Lipinski definition) is 3. The second-order valence-corrected chi connectivity index (χ2v) is 4.34. The molecule has 0 saturated heterocycles.